The van der Waals surface area contributed by atoms with Gasteiger partial charge in [-0.05, 0) is 45.0 Å². The van der Waals surface area contributed by atoms with Gasteiger partial charge in [-0.25, -0.2) is 0 Å². The number of methoxy groups -OCH3 is 1. The topological polar surface area (TPSA) is 89.1 Å². The molecule has 2 aliphatic rings. The summed E-state index contributed by atoms with van der Waals surface area (Å²) >= 11 is 0. The molecule has 0 atom stereocenters. The van der Waals surface area contributed by atoms with E-state index in [4.69, 9.17) is 14.2 Å². The molecule has 0 spiro atoms. The summed E-state index contributed by atoms with van der Waals surface area (Å²) in [6.07, 6.45) is 1.42. The normalized spacial score (nSPS) is 17.6. The molecule has 0 aromatic heterocycles. The monoisotopic (exact) mass is 391 g/mol. The molecule has 1 aromatic carbocycles. The Morgan fingerprint density at radius 3 is 2.61 bits per heavy atom. The Kier molecular flexibility index (Phi) is 6.74. The molecular weight excluding hydrogens is 362 g/mol. The average molecular weight is 391 g/mol. The Morgan fingerprint density at radius 2 is 1.93 bits per heavy atom. The van der Waals surface area contributed by atoms with Gasteiger partial charge in [-0.15, -0.1) is 0 Å². The first kappa shape index (κ1) is 20.4. The minimum absolute atomic E-state index is 0.00265. The molecule has 1 saturated heterocycles. The van der Waals surface area contributed by atoms with Crippen LogP contribution in [0.3, 0.4) is 0 Å². The van der Waals surface area contributed by atoms with Gasteiger partial charge in [-0.2, -0.15) is 0 Å². The summed E-state index contributed by atoms with van der Waals surface area (Å²) in [4.78, 5) is 27.4. The summed E-state index contributed by atoms with van der Waals surface area (Å²) in [5.41, 5.74) is 0.0547. The van der Waals surface area contributed by atoms with E-state index in [1.807, 2.05) is 6.92 Å². The van der Waals surface area contributed by atoms with E-state index in [1.165, 1.54) is 0 Å². The van der Waals surface area contributed by atoms with Gasteiger partial charge in [-0.1, -0.05) is 0 Å². The average Bonchev–Trinajstić information content (AvgIpc) is 2.72. The Hall–Kier alpha value is -2.32. The lowest BCUT2D eigenvalue weighted by Crippen LogP contribution is -2.53. The summed E-state index contributed by atoms with van der Waals surface area (Å²) in [5.74, 6) is 1.02. The highest BCUT2D eigenvalue weighted by Crippen LogP contribution is 2.33. The van der Waals surface area contributed by atoms with Crippen molar-refractivity contribution in [2.45, 2.75) is 19.8 Å². The van der Waals surface area contributed by atoms with Crippen molar-refractivity contribution in [3.63, 3.8) is 0 Å². The first-order valence-corrected chi connectivity index (χ1v) is 9.76. The van der Waals surface area contributed by atoms with Gasteiger partial charge >= 0.3 is 0 Å². The molecule has 0 aliphatic carbocycles. The number of nitrogens with zero attached hydrogens (tertiary/aromatic N) is 1. The molecule has 1 fully saturated rings. The molecule has 2 amide bonds. The fourth-order valence-corrected chi connectivity index (χ4v) is 3.76. The summed E-state index contributed by atoms with van der Waals surface area (Å²) in [6, 6.07) is 5.28. The van der Waals surface area contributed by atoms with Crippen LogP contribution >= 0.6 is 0 Å². The highest BCUT2D eigenvalue weighted by molar-refractivity contribution is 5.95. The zero-order valence-electron chi connectivity index (χ0n) is 16.6. The van der Waals surface area contributed by atoms with Crippen molar-refractivity contribution in [3.05, 3.63) is 18.2 Å². The lowest BCUT2D eigenvalue weighted by Gasteiger charge is -2.39. The van der Waals surface area contributed by atoms with Crippen molar-refractivity contribution in [1.82, 2.24) is 10.2 Å². The van der Waals surface area contributed by atoms with Crippen LogP contribution in [0.1, 0.15) is 19.8 Å². The number of carbonyl (C=O) groups excluding carboxylic acids is 2. The molecule has 3 rings (SSSR count). The Balaban J connectivity index is 1.64. The zero-order chi connectivity index (χ0) is 20.0. The molecular formula is C20H29N3O5. The van der Waals surface area contributed by atoms with Crippen LogP contribution in [0.5, 0.6) is 11.5 Å². The largest absolute Gasteiger partial charge is 0.486 e. The summed E-state index contributed by atoms with van der Waals surface area (Å²) in [6.45, 7) is 5.27. The van der Waals surface area contributed by atoms with E-state index in [9.17, 15) is 9.59 Å². The number of likely N-dealkylation sites (N-methyl/N-ethyl adjacent to an activating group) is 1. The van der Waals surface area contributed by atoms with Crippen molar-refractivity contribution in [2.24, 2.45) is 5.41 Å². The van der Waals surface area contributed by atoms with E-state index in [0.717, 1.165) is 13.1 Å². The quantitative estimate of drug-likeness (QED) is 0.728. The van der Waals surface area contributed by atoms with E-state index in [2.05, 4.69) is 10.6 Å². The highest BCUT2D eigenvalue weighted by Gasteiger charge is 2.42. The van der Waals surface area contributed by atoms with Crippen LogP contribution in [-0.4, -0.2) is 69.8 Å². The molecule has 8 nitrogen and oxygen atoms in total. The first-order chi connectivity index (χ1) is 13.6. The smallest absolute Gasteiger partial charge is 0.243 e. The third-order valence-corrected chi connectivity index (χ3v) is 5.26. The van der Waals surface area contributed by atoms with Crippen molar-refractivity contribution in [2.75, 3.05) is 58.4 Å². The predicted octanol–water partition coefficient (Wildman–Crippen LogP) is 1.26. The van der Waals surface area contributed by atoms with Crippen molar-refractivity contribution >= 4 is 17.5 Å². The van der Waals surface area contributed by atoms with E-state index >= 15 is 0 Å². The Bertz CT molecular complexity index is 698. The maximum Gasteiger partial charge on any atom is 0.243 e. The van der Waals surface area contributed by atoms with Gasteiger partial charge in [0.25, 0.3) is 0 Å². The minimum Gasteiger partial charge on any atom is -0.486 e. The molecule has 2 aliphatic heterocycles. The number of fused-ring (bicyclic) bond motifs is 1. The number of hydrogen-bond donors (Lipinski definition) is 2. The Morgan fingerprint density at radius 1 is 1.21 bits per heavy atom. The SMILES string of the molecule is CCN(CC(=O)Nc1ccc2c(c1)OCCO2)C(=O)C1(COC)CCNCC1. The second-order valence-electron chi connectivity index (χ2n) is 7.19. The second kappa shape index (κ2) is 9.25. The number of nitrogens with one attached hydrogen (secondary N) is 2. The van der Waals surface area contributed by atoms with Crippen LogP contribution in [0, 0.1) is 5.41 Å². The van der Waals surface area contributed by atoms with Crippen molar-refractivity contribution in [1.29, 1.82) is 0 Å². The predicted molar refractivity (Wildman–Crippen MR) is 105 cm³/mol. The lowest BCUT2D eigenvalue weighted by molar-refractivity contribution is -0.149. The third kappa shape index (κ3) is 4.56. The Labute approximate surface area is 165 Å². The van der Waals surface area contributed by atoms with Crippen LogP contribution in [0.15, 0.2) is 18.2 Å². The first-order valence-electron chi connectivity index (χ1n) is 9.76. The van der Waals surface area contributed by atoms with Gasteiger partial charge < -0.3 is 29.7 Å². The molecule has 0 bridgehead atoms. The second-order valence-corrected chi connectivity index (χ2v) is 7.19. The summed E-state index contributed by atoms with van der Waals surface area (Å²) in [5, 5.41) is 6.13. The molecule has 154 valence electrons. The number of anilines is 1. The number of hydrogen-bond acceptors (Lipinski definition) is 6. The standard InChI is InChI=1S/C20H29N3O5/c1-3-23(19(25)20(14-26-2)6-8-21-9-7-20)13-18(24)22-15-4-5-16-17(12-15)28-11-10-27-16/h4-5,12,21H,3,6-11,13-14H2,1-2H3,(H,22,24). The van der Waals surface area contributed by atoms with E-state index in [-0.39, 0.29) is 18.4 Å². The number of ether oxygens (including phenoxy) is 3. The fourth-order valence-electron chi connectivity index (χ4n) is 3.76. The van der Waals surface area contributed by atoms with Crippen LogP contribution in [0.25, 0.3) is 0 Å². The number of benzene rings is 1. The number of piperidine rings is 1. The summed E-state index contributed by atoms with van der Waals surface area (Å²) < 4.78 is 16.4. The molecule has 28 heavy (non-hydrogen) atoms. The maximum absolute atomic E-state index is 13.2. The number of amides is 2. The minimum atomic E-state index is -0.562. The fraction of sp³-hybridized carbons (Fsp3) is 0.600. The number of carbonyl (C=O) groups is 2. The van der Waals surface area contributed by atoms with Crippen LogP contribution < -0.4 is 20.1 Å². The van der Waals surface area contributed by atoms with E-state index in [0.29, 0.717) is 56.4 Å². The molecule has 8 heteroatoms. The molecule has 0 radical (unpaired) electrons. The lowest BCUT2D eigenvalue weighted by atomic mass is 9.78. The summed E-state index contributed by atoms with van der Waals surface area (Å²) in [7, 11) is 1.61. The van der Waals surface area contributed by atoms with Gasteiger partial charge in [-0.3, -0.25) is 9.59 Å². The van der Waals surface area contributed by atoms with Gasteiger partial charge in [0.05, 0.1) is 18.6 Å². The molecule has 1 aromatic rings. The van der Waals surface area contributed by atoms with Crippen LogP contribution in [0.2, 0.25) is 0 Å². The maximum atomic E-state index is 13.2. The van der Waals surface area contributed by atoms with Gasteiger partial charge in [0.1, 0.15) is 13.2 Å². The highest BCUT2D eigenvalue weighted by atomic mass is 16.6. The molecule has 2 N–H and O–H groups in total. The van der Waals surface area contributed by atoms with Gasteiger partial charge in [0.15, 0.2) is 11.5 Å². The number of rotatable bonds is 7. The van der Waals surface area contributed by atoms with Gasteiger partial charge in [0.2, 0.25) is 11.8 Å². The van der Waals surface area contributed by atoms with Gasteiger partial charge in [0, 0.05) is 25.4 Å². The molecule has 0 unspecified atom stereocenters. The van der Waals surface area contributed by atoms with E-state index in [1.54, 1.807) is 30.2 Å². The van der Waals surface area contributed by atoms with Crippen LogP contribution in [0.4, 0.5) is 5.69 Å². The van der Waals surface area contributed by atoms with Crippen molar-refractivity contribution in [3.8, 4) is 11.5 Å². The van der Waals surface area contributed by atoms with Crippen molar-refractivity contribution < 1.29 is 23.8 Å². The zero-order valence-corrected chi connectivity index (χ0v) is 16.6. The molecule has 0 saturated carbocycles. The third-order valence-electron chi connectivity index (χ3n) is 5.26. The van der Waals surface area contributed by atoms with Crippen LogP contribution in [-0.2, 0) is 14.3 Å². The molecule has 2 heterocycles. The van der Waals surface area contributed by atoms with E-state index < -0.39 is 5.41 Å².